The van der Waals surface area contributed by atoms with Gasteiger partial charge in [-0.3, -0.25) is 4.79 Å². The Labute approximate surface area is 215 Å². The molecule has 9 nitrogen and oxygen atoms in total. The van der Waals surface area contributed by atoms with Crippen LogP contribution in [-0.4, -0.2) is 83.0 Å². The summed E-state index contributed by atoms with van der Waals surface area (Å²) in [5.74, 6) is -0.0310. The summed E-state index contributed by atoms with van der Waals surface area (Å²) < 4.78 is 11.5. The first-order valence-corrected chi connectivity index (χ1v) is 12.8. The van der Waals surface area contributed by atoms with Gasteiger partial charge in [-0.25, -0.2) is 4.98 Å². The highest BCUT2D eigenvalue weighted by molar-refractivity contribution is 6.33. The molecule has 0 aliphatic carbocycles. The molecule has 0 radical (unpaired) electrons. The molecule has 5 rings (SSSR count). The number of ether oxygens (including phenoxy) is 2. The number of morpholine rings is 1. The van der Waals surface area contributed by atoms with E-state index in [-0.39, 0.29) is 18.6 Å². The van der Waals surface area contributed by atoms with Crippen LogP contribution in [0.1, 0.15) is 26.7 Å². The van der Waals surface area contributed by atoms with Crippen molar-refractivity contribution in [3.63, 3.8) is 0 Å². The van der Waals surface area contributed by atoms with E-state index >= 15 is 0 Å². The number of likely N-dealkylation sites (tertiary alicyclic amines) is 1. The quantitative estimate of drug-likeness (QED) is 0.520. The van der Waals surface area contributed by atoms with Gasteiger partial charge < -0.3 is 29.4 Å². The Balaban J connectivity index is 1.26. The van der Waals surface area contributed by atoms with Gasteiger partial charge in [-0.05, 0) is 32.0 Å². The lowest BCUT2D eigenvalue weighted by atomic mass is 9.91. The van der Waals surface area contributed by atoms with Crippen LogP contribution in [-0.2, 0) is 9.53 Å². The minimum atomic E-state index is -0.766. The first kappa shape index (κ1) is 24.8. The van der Waals surface area contributed by atoms with E-state index in [2.05, 4.69) is 27.0 Å². The molecule has 2 aliphatic rings. The maximum absolute atomic E-state index is 12.6. The molecule has 4 heterocycles. The average molecular weight is 514 g/mol. The number of pyridine rings is 1. The van der Waals surface area contributed by atoms with E-state index in [1.54, 1.807) is 18.7 Å². The Morgan fingerprint density at radius 1 is 1.17 bits per heavy atom. The maximum atomic E-state index is 12.6. The zero-order valence-corrected chi connectivity index (χ0v) is 21.4. The number of hydrogen-bond acceptors (Lipinski definition) is 7. The molecule has 1 amide bonds. The minimum Gasteiger partial charge on any atom is -0.461 e. The molecule has 3 aromatic rings. The molecule has 192 valence electrons. The van der Waals surface area contributed by atoms with Crippen molar-refractivity contribution in [1.29, 1.82) is 0 Å². The second-order valence-corrected chi connectivity index (χ2v) is 10.4. The van der Waals surface area contributed by atoms with Crippen LogP contribution in [0.2, 0.25) is 5.02 Å². The highest BCUT2D eigenvalue weighted by Gasteiger charge is 2.34. The van der Waals surface area contributed by atoms with E-state index in [1.807, 2.05) is 18.2 Å². The van der Waals surface area contributed by atoms with E-state index in [9.17, 15) is 9.90 Å². The minimum absolute atomic E-state index is 0.0310. The van der Waals surface area contributed by atoms with Gasteiger partial charge in [0.1, 0.15) is 6.10 Å². The van der Waals surface area contributed by atoms with E-state index in [0.717, 1.165) is 37.6 Å². The van der Waals surface area contributed by atoms with Crippen molar-refractivity contribution in [2.45, 2.75) is 32.8 Å². The summed E-state index contributed by atoms with van der Waals surface area (Å²) in [5, 5.41) is 10.0. The Hall–Kier alpha value is -2.88. The average Bonchev–Trinajstić information content (AvgIpc) is 3.29. The molecule has 0 bridgehead atoms. The molecule has 36 heavy (non-hydrogen) atoms. The van der Waals surface area contributed by atoms with E-state index in [1.165, 1.54) is 0 Å². The van der Waals surface area contributed by atoms with Crippen molar-refractivity contribution in [3.05, 3.63) is 35.4 Å². The topological polar surface area (TPSA) is 104 Å². The third kappa shape index (κ3) is 5.14. The predicted octanol–water partition coefficient (Wildman–Crippen LogP) is 3.50. The first-order valence-electron chi connectivity index (χ1n) is 12.4. The fourth-order valence-electron chi connectivity index (χ4n) is 4.64. The number of fused-ring (bicyclic) bond motifs is 1. The number of H-pyrrole nitrogens is 1. The van der Waals surface area contributed by atoms with Crippen molar-refractivity contribution in [2.75, 3.05) is 50.9 Å². The summed E-state index contributed by atoms with van der Waals surface area (Å²) in [6.07, 6.45) is 1.33. The van der Waals surface area contributed by atoms with Crippen molar-refractivity contribution >= 4 is 34.4 Å². The molecule has 2 aliphatic heterocycles. The molecule has 2 fully saturated rings. The molecule has 0 atom stereocenters. The molecule has 10 heteroatoms. The summed E-state index contributed by atoms with van der Waals surface area (Å²) in [7, 11) is 0. The number of carbonyl (C=O) groups excluding carboxylic acids is 1. The van der Waals surface area contributed by atoms with E-state index < -0.39 is 5.41 Å². The van der Waals surface area contributed by atoms with Gasteiger partial charge in [-0.2, -0.15) is 4.98 Å². The number of halogens is 1. The summed E-state index contributed by atoms with van der Waals surface area (Å²) in [6, 6.07) is 10.5. The number of aromatic amines is 1. The number of amides is 1. The van der Waals surface area contributed by atoms with Gasteiger partial charge >= 0.3 is 0 Å². The van der Waals surface area contributed by atoms with Gasteiger partial charge in [0, 0.05) is 50.3 Å². The normalized spacial score (nSPS) is 17.6. The SMILES string of the molecule is CC(C)(CO)C(=O)N1CCC(Oc2nc3nc(-c4ccc(N5CCOCC5)cc4)c(Cl)cc3[nH]2)CC1. The number of rotatable bonds is 6. The van der Waals surface area contributed by atoms with E-state index in [0.29, 0.717) is 53.8 Å². The van der Waals surface area contributed by atoms with Crippen LogP contribution in [0.25, 0.3) is 22.4 Å². The number of anilines is 1. The van der Waals surface area contributed by atoms with Crippen molar-refractivity contribution in [2.24, 2.45) is 5.41 Å². The monoisotopic (exact) mass is 513 g/mol. The molecule has 0 unspecified atom stereocenters. The molecule has 2 saturated heterocycles. The number of carbonyl (C=O) groups is 1. The number of piperidine rings is 1. The van der Waals surface area contributed by atoms with Gasteiger partial charge in [0.25, 0.3) is 6.01 Å². The third-order valence-corrected chi connectivity index (χ3v) is 7.19. The largest absolute Gasteiger partial charge is 0.461 e. The van der Waals surface area contributed by atoms with Crippen LogP contribution < -0.4 is 9.64 Å². The number of nitrogens with zero attached hydrogens (tertiary/aromatic N) is 4. The van der Waals surface area contributed by atoms with Crippen LogP contribution >= 0.6 is 11.6 Å². The van der Waals surface area contributed by atoms with Gasteiger partial charge in [0.2, 0.25) is 5.91 Å². The summed E-state index contributed by atoms with van der Waals surface area (Å²) in [4.78, 5) is 29.1. The molecule has 2 aromatic heterocycles. The Morgan fingerprint density at radius 3 is 2.53 bits per heavy atom. The molecule has 2 N–H and O–H groups in total. The Kier molecular flexibility index (Phi) is 7.05. The standard InChI is InChI=1S/C26H32ClN5O4/c1-26(2,16-33)24(34)32-9-7-19(8-10-32)36-25-28-21-15-20(27)22(29-23(21)30-25)17-3-5-18(6-4-17)31-11-13-35-14-12-31/h3-6,15,19,33H,7-14,16H2,1-2H3,(H,28,29,30). The third-order valence-electron chi connectivity index (χ3n) is 6.90. The summed E-state index contributed by atoms with van der Waals surface area (Å²) in [6.45, 7) is 7.78. The van der Waals surface area contributed by atoms with Crippen molar-refractivity contribution < 1.29 is 19.4 Å². The van der Waals surface area contributed by atoms with Crippen LogP contribution in [0, 0.1) is 5.41 Å². The second-order valence-electron chi connectivity index (χ2n) is 10.0. The lowest BCUT2D eigenvalue weighted by Gasteiger charge is -2.36. The molecular weight excluding hydrogens is 482 g/mol. The van der Waals surface area contributed by atoms with Crippen LogP contribution in [0.5, 0.6) is 6.01 Å². The smallest absolute Gasteiger partial charge is 0.296 e. The molecular formula is C26H32ClN5O4. The van der Waals surface area contributed by atoms with Crippen LogP contribution in [0.3, 0.4) is 0 Å². The fraction of sp³-hybridized carbons (Fsp3) is 0.500. The molecule has 0 spiro atoms. The van der Waals surface area contributed by atoms with Gasteiger partial charge in [-0.1, -0.05) is 23.7 Å². The lowest BCUT2D eigenvalue weighted by molar-refractivity contribution is -0.144. The van der Waals surface area contributed by atoms with Crippen LogP contribution in [0.4, 0.5) is 5.69 Å². The van der Waals surface area contributed by atoms with Crippen molar-refractivity contribution in [3.8, 4) is 17.3 Å². The fourth-order valence-corrected chi connectivity index (χ4v) is 4.90. The van der Waals surface area contributed by atoms with Gasteiger partial charge in [-0.15, -0.1) is 0 Å². The lowest BCUT2D eigenvalue weighted by Crippen LogP contribution is -2.48. The highest BCUT2D eigenvalue weighted by Crippen LogP contribution is 2.31. The number of imidazole rings is 1. The number of aliphatic hydroxyl groups excluding tert-OH is 1. The number of benzene rings is 1. The zero-order chi connectivity index (χ0) is 25.3. The highest BCUT2D eigenvalue weighted by atomic mass is 35.5. The molecule has 0 saturated carbocycles. The Morgan fingerprint density at radius 2 is 1.86 bits per heavy atom. The Bertz CT molecular complexity index is 1220. The van der Waals surface area contributed by atoms with E-state index in [4.69, 9.17) is 26.1 Å². The summed E-state index contributed by atoms with van der Waals surface area (Å²) in [5.41, 5.74) is 3.24. The number of hydrogen-bond donors (Lipinski definition) is 2. The second kappa shape index (κ2) is 10.2. The van der Waals surface area contributed by atoms with Crippen molar-refractivity contribution in [1.82, 2.24) is 19.9 Å². The zero-order valence-electron chi connectivity index (χ0n) is 20.7. The predicted molar refractivity (Wildman–Crippen MR) is 138 cm³/mol. The first-order chi connectivity index (χ1) is 17.3. The number of aliphatic hydroxyl groups is 1. The number of nitrogens with one attached hydrogen (secondary N) is 1. The van der Waals surface area contributed by atoms with Crippen LogP contribution in [0.15, 0.2) is 30.3 Å². The number of aromatic nitrogens is 3. The van der Waals surface area contributed by atoms with Gasteiger partial charge in [0.05, 0.1) is 41.5 Å². The molecule has 1 aromatic carbocycles. The summed E-state index contributed by atoms with van der Waals surface area (Å²) >= 11 is 6.59. The van der Waals surface area contributed by atoms with Gasteiger partial charge in [0.15, 0.2) is 5.65 Å². The maximum Gasteiger partial charge on any atom is 0.296 e.